The first-order valence-corrected chi connectivity index (χ1v) is 12.2. The highest BCUT2D eigenvalue weighted by Crippen LogP contribution is 2.19. The SMILES string of the molecule is CCN(Cc1cccc(F)c1)C(=O)CN1CCN(S(=O)(=O)N2CC(C)OC(C)C2)CC1. The fourth-order valence-corrected chi connectivity index (χ4v) is 5.87. The van der Waals surface area contributed by atoms with Crippen LogP contribution in [-0.4, -0.2) is 97.3 Å². The van der Waals surface area contributed by atoms with Gasteiger partial charge >= 0.3 is 0 Å². The Balaban J connectivity index is 1.52. The molecule has 0 aromatic heterocycles. The second-order valence-electron chi connectivity index (χ2n) is 8.30. The summed E-state index contributed by atoms with van der Waals surface area (Å²) < 4.78 is 48.1. The van der Waals surface area contributed by atoms with Crippen LogP contribution in [0.5, 0.6) is 0 Å². The molecule has 0 N–H and O–H groups in total. The van der Waals surface area contributed by atoms with Gasteiger partial charge in [0.15, 0.2) is 0 Å². The summed E-state index contributed by atoms with van der Waals surface area (Å²) in [5.74, 6) is -0.360. The number of benzene rings is 1. The summed E-state index contributed by atoms with van der Waals surface area (Å²) in [4.78, 5) is 16.4. The summed E-state index contributed by atoms with van der Waals surface area (Å²) >= 11 is 0. The van der Waals surface area contributed by atoms with Gasteiger partial charge in [0, 0.05) is 52.4 Å². The molecule has 2 aliphatic rings. The zero-order chi connectivity index (χ0) is 22.6. The Labute approximate surface area is 184 Å². The van der Waals surface area contributed by atoms with E-state index >= 15 is 0 Å². The van der Waals surface area contributed by atoms with Crippen molar-refractivity contribution in [2.45, 2.75) is 39.5 Å². The Morgan fingerprint density at radius 1 is 1.13 bits per heavy atom. The highest BCUT2D eigenvalue weighted by atomic mass is 32.2. The van der Waals surface area contributed by atoms with E-state index in [0.29, 0.717) is 52.4 Å². The number of likely N-dealkylation sites (N-methyl/N-ethyl adjacent to an activating group) is 1. The summed E-state index contributed by atoms with van der Waals surface area (Å²) in [5.41, 5.74) is 0.750. The van der Waals surface area contributed by atoms with E-state index in [0.717, 1.165) is 5.56 Å². The zero-order valence-corrected chi connectivity index (χ0v) is 19.4. The molecule has 31 heavy (non-hydrogen) atoms. The zero-order valence-electron chi connectivity index (χ0n) is 18.5. The van der Waals surface area contributed by atoms with Gasteiger partial charge in [-0.3, -0.25) is 9.69 Å². The second-order valence-corrected chi connectivity index (χ2v) is 10.2. The molecule has 2 heterocycles. The Morgan fingerprint density at radius 2 is 1.77 bits per heavy atom. The molecule has 1 aromatic rings. The number of hydrogen-bond acceptors (Lipinski definition) is 5. The van der Waals surface area contributed by atoms with E-state index in [9.17, 15) is 17.6 Å². The number of piperazine rings is 1. The normalized spacial score (nSPS) is 24.3. The molecule has 1 amide bonds. The maximum Gasteiger partial charge on any atom is 0.282 e. The first kappa shape index (κ1) is 24.1. The van der Waals surface area contributed by atoms with Crippen LogP contribution in [0.1, 0.15) is 26.3 Å². The summed E-state index contributed by atoms with van der Waals surface area (Å²) in [5, 5.41) is 0. The van der Waals surface area contributed by atoms with E-state index in [1.807, 2.05) is 25.7 Å². The lowest BCUT2D eigenvalue weighted by atomic mass is 10.2. The number of amides is 1. The minimum atomic E-state index is -3.54. The molecule has 2 saturated heterocycles. The van der Waals surface area contributed by atoms with Crippen molar-refractivity contribution in [3.8, 4) is 0 Å². The lowest BCUT2D eigenvalue weighted by Gasteiger charge is -2.40. The van der Waals surface area contributed by atoms with Crippen molar-refractivity contribution in [1.82, 2.24) is 18.4 Å². The highest BCUT2D eigenvalue weighted by Gasteiger charge is 2.37. The predicted molar refractivity (Wildman–Crippen MR) is 116 cm³/mol. The van der Waals surface area contributed by atoms with Crippen LogP contribution in [0.2, 0.25) is 0 Å². The largest absolute Gasteiger partial charge is 0.373 e. The van der Waals surface area contributed by atoms with Crippen molar-refractivity contribution in [3.05, 3.63) is 35.6 Å². The third-order valence-electron chi connectivity index (χ3n) is 5.73. The van der Waals surface area contributed by atoms with Crippen LogP contribution in [0.4, 0.5) is 4.39 Å². The quantitative estimate of drug-likeness (QED) is 0.615. The number of nitrogens with zero attached hydrogens (tertiary/aromatic N) is 4. The Hall–Kier alpha value is -1.59. The number of halogens is 1. The van der Waals surface area contributed by atoms with Crippen LogP contribution in [0.15, 0.2) is 24.3 Å². The van der Waals surface area contributed by atoms with Crippen molar-refractivity contribution in [2.75, 3.05) is 52.4 Å². The molecule has 3 rings (SSSR count). The molecule has 2 aliphatic heterocycles. The van der Waals surface area contributed by atoms with Gasteiger partial charge in [-0.25, -0.2) is 4.39 Å². The van der Waals surface area contributed by atoms with Crippen molar-refractivity contribution in [1.29, 1.82) is 0 Å². The lowest BCUT2D eigenvalue weighted by molar-refractivity contribution is -0.133. The van der Waals surface area contributed by atoms with E-state index in [2.05, 4.69) is 0 Å². The minimum Gasteiger partial charge on any atom is -0.373 e. The van der Waals surface area contributed by atoms with E-state index in [1.54, 1.807) is 17.0 Å². The van der Waals surface area contributed by atoms with Gasteiger partial charge in [-0.05, 0) is 38.5 Å². The third-order valence-corrected chi connectivity index (χ3v) is 7.69. The first-order chi connectivity index (χ1) is 14.7. The van der Waals surface area contributed by atoms with E-state index in [4.69, 9.17) is 4.74 Å². The monoisotopic (exact) mass is 456 g/mol. The average Bonchev–Trinajstić information content (AvgIpc) is 2.71. The number of hydrogen-bond donors (Lipinski definition) is 0. The molecular formula is C21H33FN4O4S. The molecule has 0 aliphatic carbocycles. The molecule has 0 bridgehead atoms. The Bertz CT molecular complexity index is 851. The molecule has 174 valence electrons. The summed E-state index contributed by atoms with van der Waals surface area (Å²) in [6.07, 6.45) is -0.258. The summed E-state index contributed by atoms with van der Waals surface area (Å²) in [6, 6.07) is 6.26. The molecule has 0 spiro atoms. The van der Waals surface area contributed by atoms with Crippen LogP contribution >= 0.6 is 0 Å². The van der Waals surface area contributed by atoms with Gasteiger partial charge in [0.1, 0.15) is 5.82 Å². The fraction of sp³-hybridized carbons (Fsp3) is 0.667. The van der Waals surface area contributed by atoms with Gasteiger partial charge in [-0.15, -0.1) is 0 Å². The molecule has 2 unspecified atom stereocenters. The number of rotatable bonds is 7. The van der Waals surface area contributed by atoms with Crippen molar-refractivity contribution >= 4 is 16.1 Å². The molecule has 2 fully saturated rings. The minimum absolute atomic E-state index is 0.0427. The summed E-state index contributed by atoms with van der Waals surface area (Å²) in [7, 11) is -3.54. The van der Waals surface area contributed by atoms with Gasteiger partial charge < -0.3 is 9.64 Å². The number of carbonyl (C=O) groups is 1. The van der Waals surface area contributed by atoms with Gasteiger partial charge in [-0.2, -0.15) is 17.0 Å². The van der Waals surface area contributed by atoms with E-state index in [-0.39, 0.29) is 30.5 Å². The number of ether oxygens (including phenoxy) is 1. The van der Waals surface area contributed by atoms with Crippen molar-refractivity contribution in [2.24, 2.45) is 0 Å². The van der Waals surface area contributed by atoms with Crippen LogP contribution < -0.4 is 0 Å². The highest BCUT2D eigenvalue weighted by molar-refractivity contribution is 7.86. The smallest absolute Gasteiger partial charge is 0.282 e. The van der Waals surface area contributed by atoms with Crippen molar-refractivity contribution in [3.63, 3.8) is 0 Å². The van der Waals surface area contributed by atoms with E-state index in [1.165, 1.54) is 20.7 Å². The molecule has 1 aromatic carbocycles. The third kappa shape index (κ3) is 6.23. The van der Waals surface area contributed by atoms with Gasteiger partial charge in [0.25, 0.3) is 10.2 Å². The fourth-order valence-electron chi connectivity index (χ4n) is 4.12. The van der Waals surface area contributed by atoms with Crippen LogP contribution in [0.25, 0.3) is 0 Å². The predicted octanol–water partition coefficient (Wildman–Crippen LogP) is 1.15. The van der Waals surface area contributed by atoms with E-state index < -0.39 is 10.2 Å². The molecule has 10 heteroatoms. The summed E-state index contributed by atoms with van der Waals surface area (Å²) in [6.45, 7) is 9.18. The lowest BCUT2D eigenvalue weighted by Crippen LogP contribution is -2.57. The molecule has 0 saturated carbocycles. The second kappa shape index (κ2) is 10.4. The number of morpholine rings is 1. The van der Waals surface area contributed by atoms with Crippen LogP contribution in [-0.2, 0) is 26.3 Å². The molecule has 0 radical (unpaired) electrons. The van der Waals surface area contributed by atoms with Crippen LogP contribution in [0, 0.1) is 5.82 Å². The molecule has 8 nitrogen and oxygen atoms in total. The van der Waals surface area contributed by atoms with Gasteiger partial charge in [-0.1, -0.05) is 12.1 Å². The standard InChI is InChI=1S/C21H33FN4O4S/c1-4-24(15-19-6-5-7-20(22)12-19)21(27)16-23-8-10-25(11-9-23)31(28,29)26-13-17(2)30-18(3)14-26/h5-7,12,17-18H,4,8-11,13-16H2,1-3H3. The maximum absolute atomic E-state index is 13.4. The molecular weight excluding hydrogens is 423 g/mol. The van der Waals surface area contributed by atoms with Crippen molar-refractivity contribution < 1.29 is 22.3 Å². The average molecular weight is 457 g/mol. The topological polar surface area (TPSA) is 73.4 Å². The van der Waals surface area contributed by atoms with Gasteiger partial charge in [0.2, 0.25) is 5.91 Å². The number of carbonyl (C=O) groups excluding carboxylic acids is 1. The van der Waals surface area contributed by atoms with Gasteiger partial charge in [0.05, 0.1) is 18.8 Å². The van der Waals surface area contributed by atoms with Crippen LogP contribution in [0.3, 0.4) is 0 Å². The molecule has 2 atom stereocenters. The Kier molecular flexibility index (Phi) is 8.03. The first-order valence-electron chi connectivity index (χ1n) is 10.8. The Morgan fingerprint density at radius 3 is 2.35 bits per heavy atom. The maximum atomic E-state index is 13.4.